The Balaban J connectivity index is 1.65. The predicted octanol–water partition coefficient (Wildman–Crippen LogP) is 4.95. The number of hydrogen-bond acceptors (Lipinski definition) is 2. The van der Waals surface area contributed by atoms with Crippen molar-refractivity contribution in [2.75, 3.05) is 12.4 Å². The van der Waals surface area contributed by atoms with Crippen LogP contribution in [-0.4, -0.2) is 13.2 Å². The van der Waals surface area contributed by atoms with Crippen molar-refractivity contribution in [1.29, 1.82) is 0 Å². The van der Waals surface area contributed by atoms with Crippen LogP contribution in [0.4, 0.5) is 10.1 Å². The third-order valence-corrected chi connectivity index (χ3v) is 4.70. The van der Waals surface area contributed by atoms with Crippen LogP contribution in [0.5, 0.6) is 5.75 Å². The van der Waals surface area contributed by atoms with Gasteiger partial charge >= 0.3 is 0 Å². The van der Waals surface area contributed by atoms with Crippen molar-refractivity contribution in [1.82, 2.24) is 0 Å². The Labute approximate surface area is 132 Å². The smallest absolute Gasteiger partial charge is 0.125 e. The van der Waals surface area contributed by atoms with Gasteiger partial charge in [0.1, 0.15) is 11.6 Å². The summed E-state index contributed by atoms with van der Waals surface area (Å²) in [6.07, 6.45) is 2.06. The molecule has 0 spiro atoms. The van der Waals surface area contributed by atoms with Crippen LogP contribution in [0.2, 0.25) is 0 Å². The zero-order valence-electron chi connectivity index (χ0n) is 11.8. The van der Waals surface area contributed by atoms with Crippen LogP contribution < -0.4 is 10.1 Å². The third-order valence-electron chi connectivity index (χ3n) is 4.00. The lowest BCUT2D eigenvalue weighted by Gasteiger charge is -2.37. The van der Waals surface area contributed by atoms with E-state index in [1.54, 1.807) is 13.2 Å². The van der Waals surface area contributed by atoms with E-state index in [-0.39, 0.29) is 5.82 Å². The third kappa shape index (κ3) is 3.05. The first-order valence-corrected chi connectivity index (χ1v) is 7.81. The topological polar surface area (TPSA) is 21.3 Å². The highest BCUT2D eigenvalue weighted by Gasteiger charge is 2.32. The maximum atomic E-state index is 13.3. The molecule has 1 saturated carbocycles. The van der Waals surface area contributed by atoms with E-state index in [0.717, 1.165) is 28.8 Å². The fourth-order valence-electron chi connectivity index (χ4n) is 2.82. The summed E-state index contributed by atoms with van der Waals surface area (Å²) in [4.78, 5) is 0. The summed E-state index contributed by atoms with van der Waals surface area (Å²) in [5.41, 5.74) is 2.08. The molecule has 0 saturated heterocycles. The molecular weight excluding hydrogens is 333 g/mol. The molecule has 110 valence electrons. The number of nitrogens with one attached hydrogen (secondary N) is 1. The summed E-state index contributed by atoms with van der Waals surface area (Å²) in [6.45, 7) is 0. The van der Waals surface area contributed by atoms with Crippen LogP contribution in [0.3, 0.4) is 0 Å². The summed E-state index contributed by atoms with van der Waals surface area (Å²) in [5, 5.41) is 3.40. The van der Waals surface area contributed by atoms with Crippen LogP contribution in [0, 0.1) is 5.82 Å². The monoisotopic (exact) mass is 349 g/mol. The molecule has 0 aliphatic heterocycles. The molecule has 1 aliphatic carbocycles. The van der Waals surface area contributed by atoms with Crippen molar-refractivity contribution in [2.45, 2.75) is 24.8 Å². The second-order valence-electron chi connectivity index (χ2n) is 5.38. The van der Waals surface area contributed by atoms with Crippen LogP contribution in [0.1, 0.15) is 24.3 Å². The largest absolute Gasteiger partial charge is 0.496 e. The van der Waals surface area contributed by atoms with Gasteiger partial charge in [-0.05, 0) is 64.5 Å². The number of para-hydroxylation sites is 1. The predicted molar refractivity (Wildman–Crippen MR) is 86.5 cm³/mol. The van der Waals surface area contributed by atoms with E-state index >= 15 is 0 Å². The van der Waals surface area contributed by atoms with Gasteiger partial charge in [0.05, 0.1) is 12.8 Å². The molecule has 4 heteroatoms. The van der Waals surface area contributed by atoms with E-state index in [1.807, 2.05) is 18.2 Å². The lowest BCUT2D eigenvalue weighted by atomic mass is 9.75. The number of anilines is 1. The highest BCUT2D eigenvalue weighted by atomic mass is 79.9. The van der Waals surface area contributed by atoms with E-state index in [2.05, 4.69) is 27.3 Å². The zero-order chi connectivity index (χ0) is 14.8. The molecule has 1 aliphatic rings. The van der Waals surface area contributed by atoms with E-state index in [9.17, 15) is 4.39 Å². The van der Waals surface area contributed by atoms with E-state index in [0.29, 0.717) is 12.0 Å². The number of methoxy groups -OCH3 is 1. The molecule has 1 fully saturated rings. The molecule has 0 radical (unpaired) electrons. The second-order valence-corrected chi connectivity index (χ2v) is 6.23. The highest BCUT2D eigenvalue weighted by Crippen LogP contribution is 2.42. The average molecular weight is 350 g/mol. The molecule has 0 bridgehead atoms. The zero-order valence-corrected chi connectivity index (χ0v) is 13.4. The molecule has 0 unspecified atom stereocenters. The van der Waals surface area contributed by atoms with Crippen LogP contribution in [0.25, 0.3) is 0 Å². The first-order chi connectivity index (χ1) is 10.2. The van der Waals surface area contributed by atoms with Gasteiger partial charge in [-0.25, -0.2) is 4.39 Å². The Morgan fingerprint density at radius 1 is 1.19 bits per heavy atom. The molecule has 0 amide bonds. The number of rotatable bonds is 4. The Kier molecular flexibility index (Phi) is 4.15. The fraction of sp³-hybridized carbons (Fsp3) is 0.294. The summed E-state index contributed by atoms with van der Waals surface area (Å²) < 4.78 is 19.6. The number of benzene rings is 2. The molecule has 0 aromatic heterocycles. The SMILES string of the molecule is COc1ccccc1C1CC(Nc2cc(F)ccc2Br)C1. The fourth-order valence-corrected chi connectivity index (χ4v) is 3.18. The number of halogens is 2. The maximum absolute atomic E-state index is 13.3. The van der Waals surface area contributed by atoms with Crippen LogP contribution in [0.15, 0.2) is 46.9 Å². The summed E-state index contributed by atoms with van der Waals surface area (Å²) in [5.74, 6) is 1.24. The molecule has 0 atom stereocenters. The van der Waals surface area contributed by atoms with Gasteiger partial charge in [0.2, 0.25) is 0 Å². The Morgan fingerprint density at radius 2 is 1.95 bits per heavy atom. The number of hydrogen-bond donors (Lipinski definition) is 1. The van der Waals surface area contributed by atoms with Crippen molar-refractivity contribution in [3.8, 4) is 5.75 Å². The van der Waals surface area contributed by atoms with Crippen molar-refractivity contribution < 1.29 is 9.13 Å². The molecule has 3 rings (SSSR count). The summed E-state index contributed by atoms with van der Waals surface area (Å²) >= 11 is 3.45. The van der Waals surface area contributed by atoms with Crippen LogP contribution in [-0.2, 0) is 0 Å². The van der Waals surface area contributed by atoms with Gasteiger partial charge < -0.3 is 10.1 Å². The van der Waals surface area contributed by atoms with E-state index in [1.165, 1.54) is 17.7 Å². The molecule has 2 nitrogen and oxygen atoms in total. The standard InChI is InChI=1S/C17H17BrFNO/c1-21-17-5-3-2-4-14(17)11-8-13(9-11)20-16-10-12(19)6-7-15(16)18/h2-7,10-11,13,20H,8-9H2,1H3. The lowest BCUT2D eigenvalue weighted by molar-refractivity contribution is 0.349. The highest BCUT2D eigenvalue weighted by molar-refractivity contribution is 9.10. The van der Waals surface area contributed by atoms with Gasteiger partial charge in [0.15, 0.2) is 0 Å². The Hall–Kier alpha value is -1.55. The van der Waals surface area contributed by atoms with Crippen molar-refractivity contribution in [2.24, 2.45) is 0 Å². The second kappa shape index (κ2) is 6.06. The quantitative estimate of drug-likeness (QED) is 0.842. The molecule has 21 heavy (non-hydrogen) atoms. The minimum Gasteiger partial charge on any atom is -0.496 e. The van der Waals surface area contributed by atoms with E-state index < -0.39 is 0 Å². The minimum atomic E-state index is -0.221. The minimum absolute atomic E-state index is 0.221. The summed E-state index contributed by atoms with van der Waals surface area (Å²) in [6, 6.07) is 13.2. The normalized spacial score (nSPS) is 20.7. The van der Waals surface area contributed by atoms with Gasteiger partial charge in [-0.2, -0.15) is 0 Å². The maximum Gasteiger partial charge on any atom is 0.125 e. The first-order valence-electron chi connectivity index (χ1n) is 7.02. The lowest BCUT2D eigenvalue weighted by Crippen LogP contribution is -2.34. The number of ether oxygens (including phenoxy) is 1. The van der Waals surface area contributed by atoms with Crippen molar-refractivity contribution in [3.63, 3.8) is 0 Å². The Bertz CT molecular complexity index is 640. The van der Waals surface area contributed by atoms with Crippen LogP contribution >= 0.6 is 15.9 Å². The summed E-state index contributed by atoms with van der Waals surface area (Å²) in [7, 11) is 1.71. The van der Waals surface area contributed by atoms with Gasteiger partial charge in [0.25, 0.3) is 0 Å². The first kappa shape index (κ1) is 14.4. The van der Waals surface area contributed by atoms with Gasteiger partial charge in [-0.3, -0.25) is 0 Å². The van der Waals surface area contributed by atoms with E-state index in [4.69, 9.17) is 4.74 Å². The van der Waals surface area contributed by atoms with Gasteiger partial charge in [-0.1, -0.05) is 18.2 Å². The Morgan fingerprint density at radius 3 is 2.71 bits per heavy atom. The van der Waals surface area contributed by atoms with Crippen molar-refractivity contribution >= 4 is 21.6 Å². The van der Waals surface area contributed by atoms with Crippen molar-refractivity contribution in [3.05, 3.63) is 58.3 Å². The average Bonchev–Trinajstić information content (AvgIpc) is 2.46. The van der Waals surface area contributed by atoms with Gasteiger partial charge in [0, 0.05) is 10.5 Å². The van der Waals surface area contributed by atoms with Gasteiger partial charge in [-0.15, -0.1) is 0 Å². The molecule has 2 aromatic carbocycles. The molecular formula is C17H17BrFNO. The molecule has 2 aromatic rings. The molecule has 1 N–H and O–H groups in total. The molecule has 0 heterocycles.